The summed E-state index contributed by atoms with van der Waals surface area (Å²) < 4.78 is 4.87. The van der Waals surface area contributed by atoms with Crippen molar-refractivity contribution >= 4 is 50.1 Å². The average molecular weight is 443 g/mol. The Morgan fingerprint density at radius 3 is 1.26 bits per heavy atom. The van der Waals surface area contributed by atoms with Crippen LogP contribution in [0.4, 0.5) is 0 Å². The molecule has 0 aliphatic heterocycles. The topological polar surface area (TPSA) is 48.3 Å². The first-order chi connectivity index (χ1) is 11.8. The third kappa shape index (κ3) is 7.10. The van der Waals surface area contributed by atoms with Gasteiger partial charge >= 0.3 is 0 Å². The third-order valence-corrected chi connectivity index (χ3v) is 17.9. The number of carbonyl (C=O) groups is 1. The molecule has 0 heterocycles. The van der Waals surface area contributed by atoms with Crippen LogP contribution >= 0.6 is 0 Å². The Hall–Kier alpha value is -0.522. The first-order valence-electron chi connectivity index (χ1n) is 10.1. The molecule has 156 valence electrons. The van der Waals surface area contributed by atoms with Crippen molar-refractivity contribution in [3.63, 3.8) is 0 Å². The first-order valence-corrected chi connectivity index (χ1v) is 23.9. The van der Waals surface area contributed by atoms with Gasteiger partial charge in [-0.25, -0.2) is 0 Å². The lowest BCUT2D eigenvalue weighted by atomic mass is 9.95. The fraction of sp³-hybridized carbons (Fsp3) is 0.833. The quantitative estimate of drug-likeness (QED) is 0.409. The summed E-state index contributed by atoms with van der Waals surface area (Å²) in [4.78, 5) is 12.3. The first kappa shape index (κ1) is 24.5. The maximum absolute atomic E-state index is 12.3. The average Bonchev–Trinajstić information content (AvgIpc) is 2.38. The van der Waals surface area contributed by atoms with E-state index in [2.05, 4.69) is 87.2 Å². The van der Waals surface area contributed by atoms with Crippen LogP contribution < -0.4 is 0 Å². The summed E-state index contributed by atoms with van der Waals surface area (Å²) in [5.74, 6) is 0.298. The molecule has 1 aliphatic rings. The summed E-state index contributed by atoms with van der Waals surface area (Å²) in [6.45, 7) is 28.2. The number of hydrogen-bond acceptors (Lipinski definition) is 5. The van der Waals surface area contributed by atoms with Gasteiger partial charge < -0.3 is 8.68 Å². The zero-order valence-corrected chi connectivity index (χ0v) is 23.8. The maximum Gasteiger partial charge on any atom is 0.158 e. The van der Waals surface area contributed by atoms with Gasteiger partial charge in [-0.1, -0.05) is 78.6 Å². The van der Waals surface area contributed by atoms with Crippen LogP contribution in [0.25, 0.3) is 0 Å². The van der Waals surface area contributed by atoms with E-state index < -0.39 is 32.9 Å². The minimum Gasteiger partial charge on any atom is -0.350 e. The van der Waals surface area contributed by atoms with E-state index in [4.69, 9.17) is 10.2 Å². The number of hydrogen-bond donors (Lipinski definition) is 0. The van der Waals surface area contributed by atoms with Gasteiger partial charge in [0, 0.05) is 12.8 Å². The summed E-state index contributed by atoms with van der Waals surface area (Å²) in [7, 11) is -6.44. The van der Waals surface area contributed by atoms with E-state index in [-0.39, 0.29) is 0 Å². The normalized spacial score (nSPS) is 20.4. The van der Waals surface area contributed by atoms with Crippen LogP contribution in [-0.4, -0.2) is 58.8 Å². The number of Topliss-reactive ketones (excluding diaryl/α,β-unsaturated/α-hetero) is 1. The minimum absolute atomic E-state index is 0.298. The van der Waals surface area contributed by atoms with Crippen LogP contribution in [0, 0.1) is 0 Å². The molecule has 0 bridgehead atoms. The Kier molecular flexibility index (Phi) is 7.33. The molecular formula is C18H42N4OSi4. The summed E-state index contributed by atoms with van der Waals surface area (Å²) in [6, 6.07) is 0. The molecule has 1 saturated carbocycles. The Labute approximate surface area is 171 Å². The summed E-state index contributed by atoms with van der Waals surface area (Å²) in [6.07, 6.45) is 1.77. The van der Waals surface area contributed by atoms with Crippen molar-refractivity contribution < 1.29 is 4.79 Å². The van der Waals surface area contributed by atoms with E-state index in [1.165, 1.54) is 0 Å². The van der Waals surface area contributed by atoms with Gasteiger partial charge in [0.25, 0.3) is 0 Å². The van der Waals surface area contributed by atoms with Crippen LogP contribution in [0.15, 0.2) is 10.2 Å². The van der Waals surface area contributed by atoms with Gasteiger partial charge in [0.05, 0.1) is 17.8 Å². The van der Waals surface area contributed by atoms with Crippen LogP contribution in [0.1, 0.15) is 19.3 Å². The van der Waals surface area contributed by atoms with E-state index in [0.29, 0.717) is 18.6 Å². The van der Waals surface area contributed by atoms with Crippen molar-refractivity contribution in [1.29, 1.82) is 0 Å². The second-order valence-corrected chi connectivity index (χ2v) is 31.6. The van der Waals surface area contributed by atoms with Crippen molar-refractivity contribution in [2.45, 2.75) is 97.8 Å². The van der Waals surface area contributed by atoms with Gasteiger partial charge in [0.2, 0.25) is 0 Å². The highest BCUT2D eigenvalue weighted by Gasteiger charge is 2.37. The molecule has 0 aromatic heterocycles. The van der Waals surface area contributed by atoms with Gasteiger partial charge in [-0.05, 0) is 0 Å². The molecule has 0 N–H and O–H groups in total. The molecule has 0 unspecified atom stereocenters. The van der Waals surface area contributed by atoms with Crippen molar-refractivity contribution in [3.05, 3.63) is 0 Å². The molecule has 0 aromatic rings. The molecule has 0 amide bonds. The number of rotatable bonds is 6. The predicted molar refractivity (Wildman–Crippen MR) is 131 cm³/mol. The molecule has 0 spiro atoms. The van der Waals surface area contributed by atoms with E-state index in [1.54, 1.807) is 0 Å². The minimum atomic E-state index is -1.63. The highest BCUT2D eigenvalue weighted by Crippen LogP contribution is 2.25. The Bertz CT molecular complexity index is 591. The van der Waals surface area contributed by atoms with Crippen molar-refractivity contribution in [3.8, 4) is 0 Å². The molecule has 9 heteroatoms. The SMILES string of the molecule is C[Si](C)(C)N(/N=C1/CCC(=O)C/C1=N\N([Si](C)(C)C)[Si](C)(C)C)[Si](C)(C)C. The lowest BCUT2D eigenvalue weighted by Crippen LogP contribution is -2.57. The van der Waals surface area contributed by atoms with Gasteiger partial charge in [0.15, 0.2) is 32.9 Å². The molecule has 0 atom stereocenters. The second-order valence-electron chi connectivity index (χ2n) is 11.6. The molecule has 1 aliphatic carbocycles. The number of hydrazone groups is 2. The molecule has 1 fully saturated rings. The number of ketones is 1. The standard InChI is InChI=1S/C18H42N4OSi4/c1-24(2,3)21(25(4,5)6)19-17-14-13-16(23)15-18(17)20-22(26(7,8)9)27(10,11)12/h13-15H2,1-12H3/b19-17-,20-18+. The zero-order valence-electron chi connectivity index (χ0n) is 19.8. The monoisotopic (exact) mass is 442 g/mol. The Morgan fingerprint density at radius 2 is 0.926 bits per heavy atom. The largest absolute Gasteiger partial charge is 0.350 e. The summed E-state index contributed by atoms with van der Waals surface area (Å²) in [5.41, 5.74) is 1.98. The number of carbonyl (C=O) groups excluding carboxylic acids is 1. The molecule has 0 aromatic carbocycles. The van der Waals surface area contributed by atoms with Gasteiger partial charge in [-0.15, -0.1) is 0 Å². The van der Waals surface area contributed by atoms with Crippen LogP contribution in [-0.2, 0) is 4.79 Å². The fourth-order valence-electron chi connectivity index (χ4n) is 3.83. The highest BCUT2D eigenvalue weighted by molar-refractivity contribution is 6.90. The van der Waals surface area contributed by atoms with Crippen LogP contribution in [0.5, 0.6) is 0 Å². The molecule has 27 heavy (non-hydrogen) atoms. The molecule has 0 radical (unpaired) electrons. The second kappa shape index (κ2) is 8.08. The molecule has 1 rings (SSSR count). The lowest BCUT2D eigenvalue weighted by Gasteiger charge is -2.43. The van der Waals surface area contributed by atoms with Crippen molar-refractivity contribution in [2.24, 2.45) is 10.2 Å². The third-order valence-electron chi connectivity index (χ3n) is 4.32. The fourth-order valence-corrected chi connectivity index (χ4v) is 21.6. The smallest absolute Gasteiger partial charge is 0.158 e. The molecule has 0 saturated heterocycles. The Balaban J connectivity index is 3.50. The Morgan fingerprint density at radius 1 is 0.593 bits per heavy atom. The van der Waals surface area contributed by atoms with E-state index in [1.807, 2.05) is 0 Å². The summed E-state index contributed by atoms with van der Waals surface area (Å²) >= 11 is 0. The number of nitrogens with zero attached hydrogens (tertiary/aromatic N) is 4. The van der Waals surface area contributed by atoms with Crippen LogP contribution in [0.2, 0.25) is 78.6 Å². The van der Waals surface area contributed by atoms with Gasteiger partial charge in [0.1, 0.15) is 5.78 Å². The van der Waals surface area contributed by atoms with Crippen molar-refractivity contribution in [1.82, 2.24) is 8.68 Å². The highest BCUT2D eigenvalue weighted by atomic mass is 28.4. The van der Waals surface area contributed by atoms with E-state index >= 15 is 0 Å². The van der Waals surface area contributed by atoms with E-state index in [9.17, 15) is 4.79 Å². The summed E-state index contributed by atoms with van der Waals surface area (Å²) in [5, 5.41) is 10.4. The predicted octanol–water partition coefficient (Wildman–Crippen LogP) is 5.40. The lowest BCUT2D eigenvalue weighted by molar-refractivity contribution is -0.117. The molecule has 5 nitrogen and oxygen atoms in total. The van der Waals surface area contributed by atoms with E-state index in [0.717, 1.165) is 17.8 Å². The van der Waals surface area contributed by atoms with Gasteiger partial charge in [-0.3, -0.25) is 4.79 Å². The van der Waals surface area contributed by atoms with Gasteiger partial charge in [-0.2, -0.15) is 10.2 Å². The zero-order chi connectivity index (χ0) is 21.4. The molecular weight excluding hydrogens is 401 g/mol. The maximum atomic E-state index is 12.3. The van der Waals surface area contributed by atoms with Crippen LogP contribution in [0.3, 0.4) is 0 Å². The van der Waals surface area contributed by atoms with Crippen molar-refractivity contribution in [2.75, 3.05) is 0 Å².